The highest BCUT2D eigenvalue weighted by Gasteiger charge is 2.23. The Bertz CT molecular complexity index is 681. The molecule has 1 heterocycles. The van der Waals surface area contributed by atoms with Crippen molar-refractivity contribution in [3.63, 3.8) is 0 Å². The fraction of sp³-hybridized carbons (Fsp3) is 0.444. The maximum atomic E-state index is 12.4. The fourth-order valence-electron chi connectivity index (χ4n) is 2.61. The van der Waals surface area contributed by atoms with Crippen LogP contribution in [-0.2, 0) is 9.59 Å². The van der Waals surface area contributed by atoms with Crippen LogP contribution in [-0.4, -0.2) is 70.7 Å². The van der Waals surface area contributed by atoms with Crippen molar-refractivity contribution in [1.29, 1.82) is 0 Å². The largest absolute Gasteiger partial charge is 0.394 e. The molecular formula is C18H22Cl2N2O4. The molecule has 1 atom stereocenters. The average molecular weight is 401 g/mol. The Morgan fingerprint density at radius 1 is 1.23 bits per heavy atom. The lowest BCUT2D eigenvalue weighted by Gasteiger charge is -2.22. The van der Waals surface area contributed by atoms with Gasteiger partial charge in [0, 0.05) is 38.7 Å². The molecule has 0 radical (unpaired) electrons. The maximum absolute atomic E-state index is 12.4. The Morgan fingerprint density at radius 3 is 2.69 bits per heavy atom. The molecule has 0 aliphatic carbocycles. The molecule has 0 aromatic heterocycles. The van der Waals surface area contributed by atoms with Crippen molar-refractivity contribution in [2.75, 3.05) is 32.8 Å². The molecule has 6 nitrogen and oxygen atoms in total. The van der Waals surface area contributed by atoms with Gasteiger partial charge in [0.25, 0.3) is 0 Å². The van der Waals surface area contributed by atoms with Crippen molar-refractivity contribution in [2.24, 2.45) is 0 Å². The number of halogens is 2. The van der Waals surface area contributed by atoms with Gasteiger partial charge in [-0.3, -0.25) is 9.59 Å². The van der Waals surface area contributed by atoms with Crippen LogP contribution in [0.25, 0.3) is 6.08 Å². The molecule has 0 unspecified atom stereocenters. The molecule has 1 aromatic rings. The Hall–Kier alpha value is -1.60. The molecule has 0 spiro atoms. The van der Waals surface area contributed by atoms with Gasteiger partial charge < -0.3 is 20.0 Å². The van der Waals surface area contributed by atoms with E-state index in [1.807, 2.05) is 0 Å². The van der Waals surface area contributed by atoms with Gasteiger partial charge in [-0.15, -0.1) is 0 Å². The minimum atomic E-state index is -0.835. The van der Waals surface area contributed by atoms with E-state index in [1.54, 1.807) is 34.1 Å². The number of aliphatic hydroxyl groups excluding tert-OH is 2. The Kier molecular flexibility index (Phi) is 7.90. The monoisotopic (exact) mass is 400 g/mol. The number of carbonyl (C=O) groups is 2. The number of nitrogens with zero attached hydrogens (tertiary/aromatic N) is 2. The zero-order valence-electron chi connectivity index (χ0n) is 14.3. The second-order valence-corrected chi connectivity index (χ2v) is 6.90. The van der Waals surface area contributed by atoms with E-state index in [9.17, 15) is 14.7 Å². The zero-order valence-corrected chi connectivity index (χ0v) is 15.8. The number of carbonyl (C=O) groups excluding carboxylic acids is 2. The van der Waals surface area contributed by atoms with E-state index in [1.165, 1.54) is 6.08 Å². The summed E-state index contributed by atoms with van der Waals surface area (Å²) in [4.78, 5) is 27.7. The minimum Gasteiger partial charge on any atom is -0.394 e. The molecule has 2 rings (SSSR count). The van der Waals surface area contributed by atoms with E-state index >= 15 is 0 Å². The summed E-state index contributed by atoms with van der Waals surface area (Å²) in [6, 6.07) is 5.10. The van der Waals surface area contributed by atoms with Gasteiger partial charge >= 0.3 is 0 Å². The number of hydrogen-bond acceptors (Lipinski definition) is 4. The van der Waals surface area contributed by atoms with Crippen LogP contribution in [0.15, 0.2) is 24.3 Å². The molecule has 26 heavy (non-hydrogen) atoms. The van der Waals surface area contributed by atoms with Crippen LogP contribution >= 0.6 is 23.2 Å². The first-order chi connectivity index (χ1) is 12.4. The van der Waals surface area contributed by atoms with Gasteiger partial charge in [0.05, 0.1) is 22.8 Å². The lowest BCUT2D eigenvalue weighted by molar-refractivity contribution is -0.130. The first-order valence-electron chi connectivity index (χ1n) is 8.39. The van der Waals surface area contributed by atoms with Crippen LogP contribution in [0.3, 0.4) is 0 Å². The molecule has 2 amide bonds. The number of aliphatic hydroxyl groups is 2. The number of rotatable bonds is 6. The van der Waals surface area contributed by atoms with Crippen LogP contribution in [0.2, 0.25) is 10.0 Å². The molecule has 2 N–H and O–H groups in total. The minimum absolute atomic E-state index is 0.0566. The van der Waals surface area contributed by atoms with E-state index in [2.05, 4.69) is 0 Å². The third-order valence-electron chi connectivity index (χ3n) is 4.20. The van der Waals surface area contributed by atoms with Crippen molar-refractivity contribution in [3.8, 4) is 0 Å². The molecular weight excluding hydrogens is 379 g/mol. The van der Waals surface area contributed by atoms with E-state index in [-0.39, 0.29) is 24.8 Å². The second-order valence-electron chi connectivity index (χ2n) is 6.09. The van der Waals surface area contributed by atoms with E-state index < -0.39 is 6.10 Å². The highest BCUT2D eigenvalue weighted by atomic mass is 35.5. The smallest absolute Gasteiger partial charge is 0.246 e. The van der Waals surface area contributed by atoms with Gasteiger partial charge in [-0.25, -0.2) is 0 Å². The number of hydrogen-bond donors (Lipinski definition) is 2. The fourth-order valence-corrected chi connectivity index (χ4v) is 2.92. The Morgan fingerprint density at radius 2 is 2.00 bits per heavy atom. The molecule has 0 bridgehead atoms. The quantitative estimate of drug-likeness (QED) is 0.713. The van der Waals surface area contributed by atoms with Gasteiger partial charge in [0.1, 0.15) is 0 Å². The van der Waals surface area contributed by atoms with E-state index in [0.29, 0.717) is 42.6 Å². The normalized spacial score (nSPS) is 16.8. The van der Waals surface area contributed by atoms with Crippen molar-refractivity contribution >= 4 is 41.1 Å². The first-order valence-corrected chi connectivity index (χ1v) is 9.15. The molecule has 1 fully saturated rings. The topological polar surface area (TPSA) is 81.1 Å². The van der Waals surface area contributed by atoms with E-state index in [4.69, 9.17) is 28.3 Å². The van der Waals surface area contributed by atoms with Gasteiger partial charge in [-0.2, -0.15) is 0 Å². The highest BCUT2D eigenvalue weighted by molar-refractivity contribution is 6.42. The first kappa shape index (κ1) is 20.7. The average Bonchev–Trinajstić information content (AvgIpc) is 2.82. The molecule has 0 saturated carbocycles. The summed E-state index contributed by atoms with van der Waals surface area (Å²) in [5.41, 5.74) is 0.762. The van der Waals surface area contributed by atoms with Crippen LogP contribution in [0.1, 0.15) is 18.4 Å². The second kappa shape index (κ2) is 9.92. The van der Waals surface area contributed by atoms with Crippen molar-refractivity contribution in [2.45, 2.75) is 18.9 Å². The van der Waals surface area contributed by atoms with Gasteiger partial charge in [0.15, 0.2) is 0 Å². The SMILES string of the molecule is O=C(C=Cc1ccc(Cl)c(Cl)c1)N1CCC(=O)N(CC[C@H](O)CO)CC1. The summed E-state index contributed by atoms with van der Waals surface area (Å²) in [6.07, 6.45) is 2.83. The standard InChI is InChI=1S/C18H22Cl2N2O4/c19-15-3-1-13(11-16(15)20)2-4-17(25)22-8-6-18(26)21(9-10-22)7-5-14(24)12-23/h1-4,11,14,23-24H,5-10,12H2/t14-/m0/s1. The molecule has 1 saturated heterocycles. The predicted molar refractivity (Wildman–Crippen MR) is 101 cm³/mol. The Balaban J connectivity index is 1.92. The maximum Gasteiger partial charge on any atom is 0.246 e. The van der Waals surface area contributed by atoms with Gasteiger partial charge in [-0.1, -0.05) is 29.3 Å². The summed E-state index contributed by atoms with van der Waals surface area (Å²) >= 11 is 11.8. The number of amides is 2. The Labute approximate surface area is 162 Å². The summed E-state index contributed by atoms with van der Waals surface area (Å²) in [5.74, 6) is -0.236. The van der Waals surface area contributed by atoms with Crippen LogP contribution in [0.5, 0.6) is 0 Å². The molecule has 1 aromatic carbocycles. The van der Waals surface area contributed by atoms with Crippen molar-refractivity contribution in [1.82, 2.24) is 9.80 Å². The summed E-state index contributed by atoms with van der Waals surface area (Å²) in [6.45, 7) is 1.21. The van der Waals surface area contributed by atoms with Crippen molar-refractivity contribution < 1.29 is 19.8 Å². The van der Waals surface area contributed by atoms with E-state index in [0.717, 1.165) is 5.56 Å². The molecule has 8 heteroatoms. The molecule has 1 aliphatic heterocycles. The van der Waals surface area contributed by atoms with Crippen LogP contribution < -0.4 is 0 Å². The van der Waals surface area contributed by atoms with Gasteiger partial charge in [-0.05, 0) is 30.2 Å². The lowest BCUT2D eigenvalue weighted by atomic mass is 10.2. The van der Waals surface area contributed by atoms with Crippen LogP contribution in [0.4, 0.5) is 0 Å². The summed E-state index contributed by atoms with van der Waals surface area (Å²) in [7, 11) is 0. The number of benzene rings is 1. The summed E-state index contributed by atoms with van der Waals surface area (Å²) < 4.78 is 0. The molecule has 1 aliphatic rings. The van der Waals surface area contributed by atoms with Crippen LogP contribution in [0, 0.1) is 0 Å². The third-order valence-corrected chi connectivity index (χ3v) is 4.94. The highest BCUT2D eigenvalue weighted by Crippen LogP contribution is 2.23. The third kappa shape index (κ3) is 5.99. The van der Waals surface area contributed by atoms with Gasteiger partial charge in [0.2, 0.25) is 11.8 Å². The zero-order chi connectivity index (χ0) is 19.1. The lowest BCUT2D eigenvalue weighted by Crippen LogP contribution is -2.36. The summed E-state index contributed by atoms with van der Waals surface area (Å²) in [5, 5.41) is 19.1. The predicted octanol–water partition coefficient (Wildman–Crippen LogP) is 1.81. The molecule has 142 valence electrons. The van der Waals surface area contributed by atoms with Crippen molar-refractivity contribution in [3.05, 3.63) is 39.9 Å².